The number of aliphatic hydroxyl groups excluding tert-OH is 1. The zero-order chi connectivity index (χ0) is 9.90. The van der Waals surface area contributed by atoms with E-state index in [1.54, 1.807) is 0 Å². The Labute approximate surface area is 82.5 Å². The van der Waals surface area contributed by atoms with Gasteiger partial charge in [0.05, 0.1) is 6.10 Å². The minimum Gasteiger partial charge on any atom is -0.393 e. The van der Waals surface area contributed by atoms with Crippen molar-refractivity contribution in [3.63, 3.8) is 0 Å². The molecule has 1 fully saturated rings. The van der Waals surface area contributed by atoms with E-state index in [-0.39, 0.29) is 11.5 Å². The predicted octanol–water partition coefficient (Wildman–Crippen LogP) is 3.36. The minimum atomic E-state index is -0.0553. The van der Waals surface area contributed by atoms with Crippen LogP contribution in [0.2, 0.25) is 0 Å². The molecule has 78 valence electrons. The second-order valence-electron chi connectivity index (χ2n) is 5.73. The molecular formula is C12H24O. The zero-order valence-electron chi connectivity index (χ0n) is 9.34. The monoisotopic (exact) mass is 184 g/mol. The lowest BCUT2D eigenvalue weighted by Crippen LogP contribution is -2.27. The van der Waals surface area contributed by atoms with Gasteiger partial charge in [-0.25, -0.2) is 0 Å². The highest BCUT2D eigenvalue weighted by molar-refractivity contribution is 4.77. The maximum atomic E-state index is 10.0. The van der Waals surface area contributed by atoms with Gasteiger partial charge in [-0.05, 0) is 30.6 Å². The van der Waals surface area contributed by atoms with E-state index in [9.17, 15) is 5.11 Å². The van der Waals surface area contributed by atoms with E-state index in [1.807, 2.05) is 0 Å². The molecule has 0 aliphatic heterocycles. The normalized spacial score (nSPS) is 23.1. The molecule has 1 saturated carbocycles. The molecular weight excluding hydrogens is 160 g/mol. The summed E-state index contributed by atoms with van der Waals surface area (Å²) in [6, 6.07) is 0. The fourth-order valence-corrected chi connectivity index (χ4v) is 2.31. The van der Waals surface area contributed by atoms with E-state index in [1.165, 1.54) is 32.1 Å². The number of rotatable bonds is 2. The number of hydrogen-bond donors (Lipinski definition) is 1. The van der Waals surface area contributed by atoms with Crippen LogP contribution in [0.5, 0.6) is 0 Å². The Kier molecular flexibility index (Phi) is 3.78. The van der Waals surface area contributed by atoms with Crippen LogP contribution in [0.3, 0.4) is 0 Å². The second-order valence-corrected chi connectivity index (χ2v) is 5.73. The third kappa shape index (κ3) is 4.12. The first kappa shape index (κ1) is 11.0. The molecule has 0 aromatic rings. The van der Waals surface area contributed by atoms with Gasteiger partial charge in [0, 0.05) is 0 Å². The largest absolute Gasteiger partial charge is 0.393 e. The molecule has 0 bridgehead atoms. The highest BCUT2D eigenvalue weighted by Crippen LogP contribution is 2.32. The summed E-state index contributed by atoms with van der Waals surface area (Å²) in [4.78, 5) is 0. The van der Waals surface area contributed by atoms with Gasteiger partial charge < -0.3 is 5.11 Å². The van der Waals surface area contributed by atoms with Crippen LogP contribution >= 0.6 is 0 Å². The maximum Gasteiger partial charge on any atom is 0.0573 e. The predicted molar refractivity (Wildman–Crippen MR) is 56.7 cm³/mol. The summed E-state index contributed by atoms with van der Waals surface area (Å²) in [6.45, 7) is 6.62. The van der Waals surface area contributed by atoms with E-state index < -0.39 is 0 Å². The van der Waals surface area contributed by atoms with Crippen LogP contribution in [0.1, 0.15) is 59.3 Å². The van der Waals surface area contributed by atoms with Crippen LogP contribution in [0.15, 0.2) is 0 Å². The summed E-state index contributed by atoms with van der Waals surface area (Å²) in [6.07, 6.45) is 7.42. The second kappa shape index (κ2) is 4.45. The van der Waals surface area contributed by atoms with Gasteiger partial charge in [-0.3, -0.25) is 0 Å². The van der Waals surface area contributed by atoms with Crippen molar-refractivity contribution >= 4 is 0 Å². The SMILES string of the molecule is CC(C)(C)C[C@H](O)C1CCCCC1. The molecule has 0 aromatic carbocycles. The first-order chi connectivity index (χ1) is 5.99. The molecule has 0 saturated heterocycles. The van der Waals surface area contributed by atoms with Gasteiger partial charge >= 0.3 is 0 Å². The van der Waals surface area contributed by atoms with Gasteiger partial charge in [0.1, 0.15) is 0 Å². The van der Waals surface area contributed by atoms with Crippen molar-refractivity contribution in [1.29, 1.82) is 0 Å². The smallest absolute Gasteiger partial charge is 0.0573 e. The summed E-state index contributed by atoms with van der Waals surface area (Å²) in [7, 11) is 0. The van der Waals surface area contributed by atoms with Crippen molar-refractivity contribution in [3.8, 4) is 0 Å². The topological polar surface area (TPSA) is 20.2 Å². The van der Waals surface area contributed by atoms with E-state index in [0.717, 1.165) is 6.42 Å². The Bertz CT molecular complexity index is 140. The van der Waals surface area contributed by atoms with Gasteiger partial charge in [-0.1, -0.05) is 40.0 Å². The van der Waals surface area contributed by atoms with Crippen LogP contribution in [-0.4, -0.2) is 11.2 Å². The molecule has 1 aliphatic carbocycles. The summed E-state index contributed by atoms with van der Waals surface area (Å²) >= 11 is 0. The van der Waals surface area contributed by atoms with Gasteiger partial charge in [0.15, 0.2) is 0 Å². The number of aliphatic hydroxyl groups is 1. The Hall–Kier alpha value is -0.0400. The van der Waals surface area contributed by atoms with Crippen molar-refractivity contribution in [2.45, 2.75) is 65.4 Å². The Morgan fingerprint density at radius 2 is 1.69 bits per heavy atom. The molecule has 1 aliphatic rings. The van der Waals surface area contributed by atoms with Crippen LogP contribution < -0.4 is 0 Å². The molecule has 0 heterocycles. The van der Waals surface area contributed by atoms with Gasteiger partial charge in [0.25, 0.3) is 0 Å². The molecule has 1 heteroatoms. The van der Waals surface area contributed by atoms with E-state index in [0.29, 0.717) is 5.92 Å². The van der Waals surface area contributed by atoms with Crippen LogP contribution in [0.25, 0.3) is 0 Å². The highest BCUT2D eigenvalue weighted by Gasteiger charge is 2.25. The van der Waals surface area contributed by atoms with Crippen LogP contribution in [-0.2, 0) is 0 Å². The third-order valence-corrected chi connectivity index (χ3v) is 3.02. The van der Waals surface area contributed by atoms with Crippen molar-refractivity contribution < 1.29 is 5.11 Å². The third-order valence-electron chi connectivity index (χ3n) is 3.02. The average Bonchev–Trinajstić information content (AvgIpc) is 2.03. The molecule has 0 amide bonds. The molecule has 0 aromatic heterocycles. The average molecular weight is 184 g/mol. The first-order valence-corrected chi connectivity index (χ1v) is 5.67. The first-order valence-electron chi connectivity index (χ1n) is 5.67. The standard InChI is InChI=1S/C12H24O/c1-12(2,3)9-11(13)10-7-5-4-6-8-10/h10-11,13H,4-9H2,1-3H3/t11-/m0/s1. The quantitative estimate of drug-likeness (QED) is 0.697. The van der Waals surface area contributed by atoms with Crippen molar-refractivity contribution in [2.24, 2.45) is 11.3 Å². The maximum absolute atomic E-state index is 10.0. The zero-order valence-corrected chi connectivity index (χ0v) is 9.34. The molecule has 1 nitrogen and oxygen atoms in total. The lowest BCUT2D eigenvalue weighted by atomic mass is 9.79. The van der Waals surface area contributed by atoms with E-state index in [2.05, 4.69) is 20.8 Å². The summed E-state index contributed by atoms with van der Waals surface area (Å²) in [5.74, 6) is 0.591. The van der Waals surface area contributed by atoms with Gasteiger partial charge in [0.2, 0.25) is 0 Å². The Morgan fingerprint density at radius 1 is 1.15 bits per heavy atom. The lowest BCUT2D eigenvalue weighted by molar-refractivity contribution is 0.0489. The van der Waals surface area contributed by atoms with Gasteiger partial charge in [-0.2, -0.15) is 0 Å². The highest BCUT2D eigenvalue weighted by atomic mass is 16.3. The Balaban J connectivity index is 2.33. The molecule has 13 heavy (non-hydrogen) atoms. The minimum absolute atomic E-state index is 0.0553. The molecule has 1 N–H and O–H groups in total. The molecule has 0 radical (unpaired) electrons. The Morgan fingerprint density at radius 3 is 2.15 bits per heavy atom. The van der Waals surface area contributed by atoms with Crippen LogP contribution in [0, 0.1) is 11.3 Å². The molecule has 1 rings (SSSR count). The van der Waals surface area contributed by atoms with E-state index in [4.69, 9.17) is 0 Å². The summed E-state index contributed by atoms with van der Waals surface area (Å²) < 4.78 is 0. The number of hydrogen-bond acceptors (Lipinski definition) is 1. The fraction of sp³-hybridized carbons (Fsp3) is 1.00. The molecule has 0 unspecified atom stereocenters. The fourth-order valence-electron chi connectivity index (χ4n) is 2.31. The lowest BCUT2D eigenvalue weighted by Gasteiger charge is -2.31. The molecule has 0 spiro atoms. The summed E-state index contributed by atoms with van der Waals surface area (Å²) in [5, 5.41) is 10.0. The van der Waals surface area contributed by atoms with Gasteiger partial charge in [-0.15, -0.1) is 0 Å². The van der Waals surface area contributed by atoms with Crippen molar-refractivity contribution in [1.82, 2.24) is 0 Å². The summed E-state index contributed by atoms with van der Waals surface area (Å²) in [5.41, 5.74) is 0.275. The molecule has 1 atom stereocenters. The van der Waals surface area contributed by atoms with Crippen LogP contribution in [0.4, 0.5) is 0 Å². The van der Waals surface area contributed by atoms with Crippen molar-refractivity contribution in [3.05, 3.63) is 0 Å². The van der Waals surface area contributed by atoms with Crippen molar-refractivity contribution in [2.75, 3.05) is 0 Å². The van der Waals surface area contributed by atoms with E-state index >= 15 is 0 Å².